The summed E-state index contributed by atoms with van der Waals surface area (Å²) < 4.78 is 15.6. The Morgan fingerprint density at radius 3 is 2.87 bits per heavy atom. The molecule has 1 aliphatic rings. The van der Waals surface area contributed by atoms with Crippen molar-refractivity contribution in [3.63, 3.8) is 0 Å². The van der Waals surface area contributed by atoms with Crippen LogP contribution >= 0.6 is 11.8 Å². The van der Waals surface area contributed by atoms with E-state index in [1.54, 1.807) is 11.8 Å². The van der Waals surface area contributed by atoms with Gasteiger partial charge in [0.05, 0.1) is 25.6 Å². The molecule has 1 aliphatic heterocycles. The van der Waals surface area contributed by atoms with Crippen LogP contribution in [0.3, 0.4) is 0 Å². The van der Waals surface area contributed by atoms with E-state index in [1.165, 1.54) is 0 Å². The average Bonchev–Trinajstić information content (AvgIpc) is 2.26. The molecule has 1 fully saturated rings. The number of ether oxygens (including phenoxy) is 3. The summed E-state index contributed by atoms with van der Waals surface area (Å²) >= 11 is 1.56. The predicted octanol–water partition coefficient (Wildman–Crippen LogP) is 1.44. The number of hydrogen-bond donors (Lipinski definition) is 0. The highest BCUT2D eigenvalue weighted by Crippen LogP contribution is 2.12. The number of carbonyl (C=O) groups is 1. The van der Waals surface area contributed by atoms with Crippen molar-refractivity contribution in [1.82, 2.24) is 0 Å². The van der Waals surface area contributed by atoms with Crippen molar-refractivity contribution in [1.29, 1.82) is 0 Å². The second-order valence-electron chi connectivity index (χ2n) is 3.17. The largest absolute Gasteiger partial charge is 0.465 e. The van der Waals surface area contributed by atoms with Crippen LogP contribution in [0.1, 0.15) is 19.8 Å². The van der Waals surface area contributed by atoms with Crippen LogP contribution in [0, 0.1) is 0 Å². The first-order valence-corrected chi connectivity index (χ1v) is 6.45. The zero-order valence-corrected chi connectivity index (χ0v) is 9.88. The smallest absolute Gasteiger partial charge is 0.315 e. The van der Waals surface area contributed by atoms with Crippen LogP contribution in [0.25, 0.3) is 0 Å². The molecule has 1 rings (SSSR count). The van der Waals surface area contributed by atoms with Crippen molar-refractivity contribution in [2.24, 2.45) is 0 Å². The maximum atomic E-state index is 11.0. The van der Waals surface area contributed by atoms with Gasteiger partial charge < -0.3 is 14.2 Å². The fourth-order valence-corrected chi connectivity index (χ4v) is 1.99. The van der Waals surface area contributed by atoms with Crippen molar-refractivity contribution in [3.8, 4) is 0 Å². The van der Waals surface area contributed by atoms with Crippen LogP contribution in [-0.2, 0) is 19.0 Å². The molecule has 0 saturated carbocycles. The summed E-state index contributed by atoms with van der Waals surface area (Å²) in [6.07, 6.45) is 1.74. The summed E-state index contributed by atoms with van der Waals surface area (Å²) in [6.45, 7) is 3.83. The quantitative estimate of drug-likeness (QED) is 0.514. The molecule has 0 spiro atoms. The Morgan fingerprint density at radius 2 is 2.20 bits per heavy atom. The Balaban J connectivity index is 1.93. The van der Waals surface area contributed by atoms with Gasteiger partial charge in [0.2, 0.25) is 0 Å². The molecule has 0 radical (unpaired) electrons. The molecule has 0 bridgehead atoms. The van der Waals surface area contributed by atoms with Gasteiger partial charge in [-0.15, -0.1) is 11.8 Å². The third-order valence-electron chi connectivity index (χ3n) is 1.92. The van der Waals surface area contributed by atoms with E-state index in [2.05, 4.69) is 0 Å². The van der Waals surface area contributed by atoms with Gasteiger partial charge in [0, 0.05) is 6.42 Å². The zero-order chi connectivity index (χ0) is 10.9. The highest BCUT2D eigenvalue weighted by molar-refractivity contribution is 7.99. The first-order chi connectivity index (χ1) is 7.33. The van der Waals surface area contributed by atoms with Crippen LogP contribution in [0.2, 0.25) is 0 Å². The van der Waals surface area contributed by atoms with E-state index in [0.717, 1.165) is 31.8 Å². The molecule has 15 heavy (non-hydrogen) atoms. The molecular weight excluding hydrogens is 216 g/mol. The first kappa shape index (κ1) is 12.8. The summed E-state index contributed by atoms with van der Waals surface area (Å²) in [4.78, 5) is 11.0. The predicted molar refractivity (Wildman–Crippen MR) is 58.9 cm³/mol. The third kappa shape index (κ3) is 6.02. The highest BCUT2D eigenvalue weighted by Gasteiger charge is 2.13. The Kier molecular flexibility index (Phi) is 6.80. The minimum Gasteiger partial charge on any atom is -0.465 e. The maximum absolute atomic E-state index is 11.0. The van der Waals surface area contributed by atoms with Crippen LogP contribution < -0.4 is 0 Å². The Morgan fingerprint density at radius 1 is 1.47 bits per heavy atom. The van der Waals surface area contributed by atoms with Gasteiger partial charge in [-0.1, -0.05) is 0 Å². The SMILES string of the molecule is CCOC(=O)CSCCC1OCCCO1. The molecule has 0 N–H and O–H groups in total. The molecular formula is C10H18O4S. The van der Waals surface area contributed by atoms with Gasteiger partial charge in [-0.2, -0.15) is 0 Å². The number of esters is 1. The Labute approximate surface area is 94.6 Å². The molecule has 1 saturated heterocycles. The minimum atomic E-state index is -0.145. The van der Waals surface area contributed by atoms with Crippen LogP contribution in [0.5, 0.6) is 0 Å². The number of hydrogen-bond acceptors (Lipinski definition) is 5. The summed E-state index contributed by atoms with van der Waals surface area (Å²) in [6, 6.07) is 0. The average molecular weight is 234 g/mol. The molecule has 0 atom stereocenters. The van der Waals surface area contributed by atoms with Gasteiger partial charge in [0.15, 0.2) is 6.29 Å². The van der Waals surface area contributed by atoms with E-state index >= 15 is 0 Å². The summed E-state index contributed by atoms with van der Waals surface area (Å²) in [5.41, 5.74) is 0. The molecule has 0 aliphatic carbocycles. The minimum absolute atomic E-state index is 0.0755. The lowest BCUT2D eigenvalue weighted by molar-refractivity contribution is -0.178. The van der Waals surface area contributed by atoms with Crippen LogP contribution in [0.4, 0.5) is 0 Å². The number of carbonyl (C=O) groups excluding carboxylic acids is 1. The highest BCUT2D eigenvalue weighted by atomic mass is 32.2. The maximum Gasteiger partial charge on any atom is 0.315 e. The fraction of sp³-hybridized carbons (Fsp3) is 0.900. The summed E-state index contributed by atoms with van der Waals surface area (Å²) in [5, 5.41) is 0. The van der Waals surface area contributed by atoms with Gasteiger partial charge >= 0.3 is 5.97 Å². The molecule has 0 aromatic heterocycles. The molecule has 4 nitrogen and oxygen atoms in total. The van der Waals surface area contributed by atoms with Gasteiger partial charge in [0.25, 0.3) is 0 Å². The second-order valence-corrected chi connectivity index (χ2v) is 4.28. The van der Waals surface area contributed by atoms with Crippen molar-refractivity contribution in [2.45, 2.75) is 26.1 Å². The van der Waals surface area contributed by atoms with Crippen molar-refractivity contribution in [3.05, 3.63) is 0 Å². The van der Waals surface area contributed by atoms with Gasteiger partial charge in [0.1, 0.15) is 0 Å². The Bertz CT molecular complexity index is 180. The fourth-order valence-electron chi connectivity index (χ4n) is 1.24. The van der Waals surface area contributed by atoms with E-state index in [0.29, 0.717) is 12.4 Å². The van der Waals surface area contributed by atoms with E-state index in [9.17, 15) is 4.79 Å². The zero-order valence-electron chi connectivity index (χ0n) is 9.07. The lowest BCUT2D eigenvalue weighted by Crippen LogP contribution is -2.25. The topological polar surface area (TPSA) is 44.8 Å². The lowest BCUT2D eigenvalue weighted by atomic mass is 10.4. The van der Waals surface area contributed by atoms with Crippen molar-refractivity contribution >= 4 is 17.7 Å². The van der Waals surface area contributed by atoms with Crippen molar-refractivity contribution < 1.29 is 19.0 Å². The van der Waals surface area contributed by atoms with Crippen LogP contribution in [-0.4, -0.2) is 43.6 Å². The van der Waals surface area contributed by atoms with E-state index < -0.39 is 0 Å². The molecule has 0 unspecified atom stereocenters. The molecule has 0 aromatic carbocycles. The molecule has 0 amide bonds. The molecule has 1 heterocycles. The van der Waals surface area contributed by atoms with Gasteiger partial charge in [-0.25, -0.2) is 0 Å². The first-order valence-electron chi connectivity index (χ1n) is 5.29. The van der Waals surface area contributed by atoms with E-state index in [-0.39, 0.29) is 12.3 Å². The van der Waals surface area contributed by atoms with E-state index in [1.807, 2.05) is 6.92 Å². The second kappa shape index (κ2) is 7.96. The normalized spacial score (nSPS) is 17.7. The number of rotatable bonds is 6. The van der Waals surface area contributed by atoms with Crippen LogP contribution in [0.15, 0.2) is 0 Å². The summed E-state index contributed by atoms with van der Waals surface area (Å²) in [7, 11) is 0. The monoisotopic (exact) mass is 234 g/mol. The van der Waals surface area contributed by atoms with Crippen molar-refractivity contribution in [2.75, 3.05) is 31.3 Å². The molecule has 0 aromatic rings. The summed E-state index contributed by atoms with van der Waals surface area (Å²) in [5.74, 6) is 1.14. The molecule has 88 valence electrons. The standard InChI is InChI=1S/C10H18O4S/c1-2-12-9(11)8-15-7-4-10-13-5-3-6-14-10/h10H,2-8H2,1H3. The molecule has 5 heteroatoms. The third-order valence-corrected chi connectivity index (χ3v) is 2.88. The van der Waals surface area contributed by atoms with Gasteiger partial charge in [-0.3, -0.25) is 4.79 Å². The Hall–Kier alpha value is -0.260. The lowest BCUT2D eigenvalue weighted by Gasteiger charge is -2.22. The van der Waals surface area contributed by atoms with E-state index in [4.69, 9.17) is 14.2 Å². The number of thioether (sulfide) groups is 1. The van der Waals surface area contributed by atoms with Gasteiger partial charge in [-0.05, 0) is 19.1 Å².